The molecule has 0 bridgehead atoms. The van der Waals surface area contributed by atoms with Gasteiger partial charge in [0.05, 0.1) is 31.5 Å². The summed E-state index contributed by atoms with van der Waals surface area (Å²) in [6.07, 6.45) is 4.43. The van der Waals surface area contributed by atoms with Crippen LogP contribution in [-0.4, -0.2) is 29.7 Å². The lowest BCUT2D eigenvalue weighted by atomic mass is 9.72. The number of hydrogen-bond donors (Lipinski definition) is 2. The summed E-state index contributed by atoms with van der Waals surface area (Å²) in [5, 5.41) is 12.0. The van der Waals surface area contributed by atoms with Crippen LogP contribution in [0.15, 0.2) is 24.4 Å². The van der Waals surface area contributed by atoms with Gasteiger partial charge in [-0.05, 0) is 49.8 Å². The first-order valence-electron chi connectivity index (χ1n) is 9.15. The Morgan fingerprint density at radius 2 is 2.08 bits per heavy atom. The molecular weight excluding hydrogens is 332 g/mol. The summed E-state index contributed by atoms with van der Waals surface area (Å²) in [5.41, 5.74) is 7.04. The third-order valence-corrected chi connectivity index (χ3v) is 5.99. The third-order valence-electron chi connectivity index (χ3n) is 5.99. The Kier molecular flexibility index (Phi) is 4.44. The van der Waals surface area contributed by atoms with E-state index in [1.807, 2.05) is 18.2 Å². The summed E-state index contributed by atoms with van der Waals surface area (Å²) in [5.74, 6) is 1.45. The van der Waals surface area contributed by atoms with Gasteiger partial charge in [0.2, 0.25) is 5.91 Å². The van der Waals surface area contributed by atoms with E-state index in [0.29, 0.717) is 18.3 Å². The quantitative estimate of drug-likeness (QED) is 0.881. The summed E-state index contributed by atoms with van der Waals surface area (Å²) >= 11 is 0. The maximum atomic E-state index is 11.4. The Hall–Kier alpha value is -2.34. The Labute approximate surface area is 152 Å². The van der Waals surface area contributed by atoms with Crippen LogP contribution in [0.4, 0.5) is 0 Å². The van der Waals surface area contributed by atoms with Gasteiger partial charge in [0.25, 0.3) is 0 Å². The van der Waals surface area contributed by atoms with Crippen molar-refractivity contribution in [2.75, 3.05) is 13.7 Å². The molecule has 138 valence electrons. The van der Waals surface area contributed by atoms with E-state index >= 15 is 0 Å². The fourth-order valence-electron chi connectivity index (χ4n) is 4.44. The Morgan fingerprint density at radius 1 is 1.31 bits per heavy atom. The number of aromatic nitrogens is 1. The number of aliphatic hydroxyl groups excluding tert-OH is 1. The van der Waals surface area contributed by atoms with Crippen molar-refractivity contribution in [2.45, 2.75) is 31.8 Å². The van der Waals surface area contributed by atoms with Crippen molar-refractivity contribution >= 4 is 16.8 Å². The van der Waals surface area contributed by atoms with Crippen molar-refractivity contribution in [3.05, 3.63) is 30.0 Å². The lowest BCUT2D eigenvalue weighted by molar-refractivity contribution is -0.123. The first-order chi connectivity index (χ1) is 12.6. The largest absolute Gasteiger partial charge is 0.497 e. The van der Waals surface area contributed by atoms with Gasteiger partial charge >= 0.3 is 0 Å². The van der Waals surface area contributed by atoms with Crippen LogP contribution in [0.25, 0.3) is 10.9 Å². The normalized spacial score (nSPS) is 28.2. The minimum absolute atomic E-state index is 0.00753. The zero-order valence-electron chi connectivity index (χ0n) is 14.9. The van der Waals surface area contributed by atoms with Crippen molar-refractivity contribution in [3.63, 3.8) is 0 Å². The highest BCUT2D eigenvalue weighted by Crippen LogP contribution is 2.46. The average molecular weight is 356 g/mol. The van der Waals surface area contributed by atoms with E-state index in [9.17, 15) is 9.90 Å². The van der Waals surface area contributed by atoms with Gasteiger partial charge < -0.3 is 20.3 Å². The summed E-state index contributed by atoms with van der Waals surface area (Å²) in [4.78, 5) is 15.8. The molecule has 0 radical (unpaired) electrons. The zero-order chi connectivity index (χ0) is 18.3. The van der Waals surface area contributed by atoms with E-state index in [1.54, 1.807) is 13.3 Å². The lowest BCUT2D eigenvalue weighted by Crippen LogP contribution is -2.36. The molecule has 26 heavy (non-hydrogen) atoms. The number of nitrogens with two attached hydrogens (primary N) is 1. The highest BCUT2D eigenvalue weighted by Gasteiger charge is 2.38. The van der Waals surface area contributed by atoms with E-state index in [-0.39, 0.29) is 17.7 Å². The molecule has 1 aliphatic heterocycles. The number of carbonyl (C=O) groups excluding carboxylic acids is 1. The van der Waals surface area contributed by atoms with Gasteiger partial charge in [-0.3, -0.25) is 9.78 Å². The minimum atomic E-state index is -0.619. The van der Waals surface area contributed by atoms with E-state index < -0.39 is 6.10 Å². The molecule has 6 heteroatoms. The van der Waals surface area contributed by atoms with Gasteiger partial charge in [0.1, 0.15) is 11.5 Å². The standard InChI is InChI=1S/C20H24N2O4/c1-25-13-6-7-16-14(8-13)18-17(9-22-16)26-10-15(19(18)23)11-2-4-12(5-3-11)20(21)24/h6-9,11-12,15,19,23H,2-5,10H2,1H3,(H2,21,24). The van der Waals surface area contributed by atoms with Crippen molar-refractivity contribution in [3.8, 4) is 11.5 Å². The second kappa shape index (κ2) is 6.76. The predicted octanol–water partition coefficient (Wildman–Crippen LogP) is 2.58. The number of pyridine rings is 1. The van der Waals surface area contributed by atoms with Crippen LogP contribution in [0.5, 0.6) is 11.5 Å². The number of hydrogen-bond acceptors (Lipinski definition) is 5. The molecule has 1 fully saturated rings. The van der Waals surface area contributed by atoms with Gasteiger partial charge in [-0.15, -0.1) is 0 Å². The highest BCUT2D eigenvalue weighted by atomic mass is 16.5. The zero-order valence-corrected chi connectivity index (χ0v) is 14.9. The second-order valence-electron chi connectivity index (χ2n) is 7.35. The molecule has 6 nitrogen and oxygen atoms in total. The molecule has 3 N–H and O–H groups in total. The average Bonchev–Trinajstić information content (AvgIpc) is 2.67. The summed E-state index contributed by atoms with van der Waals surface area (Å²) in [6, 6.07) is 5.66. The monoisotopic (exact) mass is 356 g/mol. The van der Waals surface area contributed by atoms with E-state index in [2.05, 4.69) is 4.98 Å². The number of primary amides is 1. The SMILES string of the molecule is COc1ccc2ncc3c(c2c1)C(O)C(C1CCC(C(N)=O)CC1)CO3. The van der Waals surface area contributed by atoms with Gasteiger partial charge in [0.15, 0.2) is 0 Å². The molecule has 2 unspecified atom stereocenters. The van der Waals surface area contributed by atoms with Crippen LogP contribution >= 0.6 is 0 Å². The van der Waals surface area contributed by atoms with Crippen LogP contribution in [0.1, 0.15) is 37.4 Å². The maximum Gasteiger partial charge on any atom is 0.220 e. The Balaban J connectivity index is 1.64. The van der Waals surface area contributed by atoms with Crippen LogP contribution in [0.2, 0.25) is 0 Å². The smallest absolute Gasteiger partial charge is 0.220 e. The van der Waals surface area contributed by atoms with Crippen LogP contribution in [0.3, 0.4) is 0 Å². The lowest BCUT2D eigenvalue weighted by Gasteiger charge is -2.38. The minimum Gasteiger partial charge on any atom is -0.497 e. The fraction of sp³-hybridized carbons (Fsp3) is 0.500. The van der Waals surface area contributed by atoms with Gasteiger partial charge in [0, 0.05) is 22.8 Å². The molecule has 4 rings (SSSR count). The van der Waals surface area contributed by atoms with Crippen molar-refractivity contribution < 1.29 is 19.4 Å². The maximum absolute atomic E-state index is 11.4. The Morgan fingerprint density at radius 3 is 2.77 bits per heavy atom. The van der Waals surface area contributed by atoms with Gasteiger partial charge in [-0.25, -0.2) is 0 Å². The first kappa shape index (κ1) is 17.1. The number of fused-ring (bicyclic) bond motifs is 3. The van der Waals surface area contributed by atoms with E-state index in [0.717, 1.165) is 47.9 Å². The topological polar surface area (TPSA) is 94.7 Å². The molecule has 2 aromatic rings. The van der Waals surface area contributed by atoms with E-state index in [1.165, 1.54) is 0 Å². The predicted molar refractivity (Wildman–Crippen MR) is 96.9 cm³/mol. The number of amides is 1. The number of methoxy groups -OCH3 is 1. The number of carbonyl (C=O) groups is 1. The summed E-state index contributed by atoms with van der Waals surface area (Å²) in [7, 11) is 1.62. The number of rotatable bonds is 3. The second-order valence-corrected chi connectivity index (χ2v) is 7.35. The number of aliphatic hydroxyl groups is 1. The first-order valence-corrected chi connectivity index (χ1v) is 9.15. The highest BCUT2D eigenvalue weighted by molar-refractivity contribution is 5.86. The molecule has 1 amide bonds. The van der Waals surface area contributed by atoms with E-state index in [4.69, 9.17) is 15.2 Å². The van der Waals surface area contributed by atoms with Gasteiger partial charge in [-0.1, -0.05) is 0 Å². The molecule has 1 aromatic carbocycles. The molecular formula is C20H24N2O4. The van der Waals surface area contributed by atoms with Crippen molar-refractivity contribution in [2.24, 2.45) is 23.5 Å². The Bertz CT molecular complexity index is 825. The van der Waals surface area contributed by atoms with Crippen LogP contribution in [0, 0.1) is 17.8 Å². The number of ether oxygens (including phenoxy) is 2. The van der Waals surface area contributed by atoms with Gasteiger partial charge in [-0.2, -0.15) is 0 Å². The molecule has 0 spiro atoms. The number of nitrogens with zero attached hydrogens (tertiary/aromatic N) is 1. The molecule has 2 heterocycles. The number of benzene rings is 1. The fourth-order valence-corrected chi connectivity index (χ4v) is 4.44. The molecule has 1 aromatic heterocycles. The molecule has 2 atom stereocenters. The third kappa shape index (κ3) is 2.88. The van der Waals surface area contributed by atoms with Crippen molar-refractivity contribution in [1.82, 2.24) is 4.98 Å². The summed E-state index contributed by atoms with van der Waals surface area (Å²) < 4.78 is 11.3. The summed E-state index contributed by atoms with van der Waals surface area (Å²) in [6.45, 7) is 0.469. The van der Waals surface area contributed by atoms with Crippen molar-refractivity contribution in [1.29, 1.82) is 0 Å². The molecule has 1 aliphatic carbocycles. The molecule has 1 saturated carbocycles. The van der Waals surface area contributed by atoms with Crippen LogP contribution < -0.4 is 15.2 Å². The molecule has 0 saturated heterocycles. The van der Waals surface area contributed by atoms with Crippen LogP contribution in [-0.2, 0) is 4.79 Å². The molecule has 2 aliphatic rings.